The van der Waals surface area contributed by atoms with E-state index in [9.17, 15) is 8.42 Å². The quantitative estimate of drug-likeness (QED) is 0.796. The van der Waals surface area contributed by atoms with Gasteiger partial charge in [-0.1, -0.05) is 6.92 Å². The molecule has 2 aliphatic rings. The van der Waals surface area contributed by atoms with Crippen molar-refractivity contribution in [1.82, 2.24) is 9.62 Å². The first-order chi connectivity index (χ1) is 7.39. The minimum atomic E-state index is -3.05. The van der Waals surface area contributed by atoms with Crippen LogP contribution in [0.2, 0.25) is 0 Å². The Hall–Kier alpha value is -0.130. The molecule has 16 heavy (non-hydrogen) atoms. The minimum absolute atomic E-state index is 0.220. The van der Waals surface area contributed by atoms with Crippen molar-refractivity contribution in [2.45, 2.75) is 32.7 Å². The number of sulfonamides is 1. The highest BCUT2D eigenvalue weighted by atomic mass is 32.2. The van der Waals surface area contributed by atoms with Crippen LogP contribution in [0.1, 0.15) is 27.2 Å². The van der Waals surface area contributed by atoms with E-state index in [0.717, 1.165) is 13.1 Å². The molecule has 0 spiro atoms. The molecule has 5 heteroatoms. The Labute approximate surface area is 98.4 Å². The molecular formula is C11H22N2O2S. The van der Waals surface area contributed by atoms with Crippen molar-refractivity contribution >= 4 is 10.0 Å². The summed E-state index contributed by atoms with van der Waals surface area (Å²) in [4.78, 5) is 0. The molecule has 2 heterocycles. The van der Waals surface area contributed by atoms with E-state index in [-0.39, 0.29) is 11.3 Å². The zero-order chi connectivity index (χ0) is 12.0. The predicted octanol–water partition coefficient (Wildman–Crippen LogP) is 0.656. The van der Waals surface area contributed by atoms with Crippen LogP contribution in [0.3, 0.4) is 0 Å². The van der Waals surface area contributed by atoms with Gasteiger partial charge in [-0.3, -0.25) is 0 Å². The molecule has 0 aromatic carbocycles. The smallest absolute Gasteiger partial charge is 0.214 e. The summed E-state index contributed by atoms with van der Waals surface area (Å²) in [5.41, 5.74) is -0.220. The largest absolute Gasteiger partial charge is 0.316 e. The Kier molecular flexibility index (Phi) is 3.05. The molecule has 0 aliphatic carbocycles. The van der Waals surface area contributed by atoms with Crippen LogP contribution >= 0.6 is 0 Å². The van der Waals surface area contributed by atoms with Crippen LogP contribution in [-0.2, 0) is 10.0 Å². The molecule has 4 nitrogen and oxygen atoms in total. The third kappa shape index (κ3) is 1.79. The van der Waals surface area contributed by atoms with E-state index in [1.54, 1.807) is 4.31 Å². The Morgan fingerprint density at radius 2 is 2.06 bits per heavy atom. The van der Waals surface area contributed by atoms with Crippen LogP contribution in [0.4, 0.5) is 0 Å². The van der Waals surface area contributed by atoms with Gasteiger partial charge in [0.2, 0.25) is 10.0 Å². The molecule has 2 fully saturated rings. The van der Waals surface area contributed by atoms with E-state index < -0.39 is 10.0 Å². The average Bonchev–Trinajstić information content (AvgIpc) is 2.68. The number of hydrogen-bond acceptors (Lipinski definition) is 3. The molecule has 0 bridgehead atoms. The Morgan fingerprint density at radius 1 is 1.38 bits per heavy atom. The number of nitrogens with one attached hydrogen (secondary N) is 1. The fourth-order valence-corrected chi connectivity index (χ4v) is 5.23. The summed E-state index contributed by atoms with van der Waals surface area (Å²) in [6.07, 6.45) is 0.697. The first kappa shape index (κ1) is 12.3. The SMILES string of the molecule is CCCS(=O)(=O)N1CC2CNCC2C1(C)C. The molecule has 2 unspecified atom stereocenters. The van der Waals surface area contributed by atoms with Gasteiger partial charge in [0, 0.05) is 18.6 Å². The third-order valence-electron chi connectivity index (χ3n) is 4.09. The maximum atomic E-state index is 12.2. The molecule has 0 aromatic rings. The Bertz CT molecular complexity index is 364. The monoisotopic (exact) mass is 246 g/mol. The average molecular weight is 246 g/mol. The maximum Gasteiger partial charge on any atom is 0.214 e. The van der Waals surface area contributed by atoms with Gasteiger partial charge < -0.3 is 5.32 Å². The molecule has 94 valence electrons. The lowest BCUT2D eigenvalue weighted by Gasteiger charge is -2.34. The standard InChI is InChI=1S/C11H22N2O2S/c1-4-5-16(14,15)13-8-9-6-12-7-10(9)11(13,2)3/h9-10,12H,4-8H2,1-3H3. The van der Waals surface area contributed by atoms with Gasteiger partial charge in [0.1, 0.15) is 0 Å². The summed E-state index contributed by atoms with van der Waals surface area (Å²) in [5.74, 6) is 1.25. The van der Waals surface area contributed by atoms with Crippen molar-refractivity contribution in [3.05, 3.63) is 0 Å². The lowest BCUT2D eigenvalue weighted by Crippen LogP contribution is -2.48. The molecule has 0 saturated carbocycles. The highest BCUT2D eigenvalue weighted by Gasteiger charge is 2.53. The molecular weight excluding hydrogens is 224 g/mol. The van der Waals surface area contributed by atoms with E-state index in [1.807, 2.05) is 6.92 Å². The summed E-state index contributed by atoms with van der Waals surface area (Å²) in [5, 5.41) is 3.36. The molecule has 0 amide bonds. The van der Waals surface area contributed by atoms with Gasteiger partial charge >= 0.3 is 0 Å². The fraction of sp³-hybridized carbons (Fsp3) is 1.00. The number of hydrogen-bond donors (Lipinski definition) is 1. The van der Waals surface area contributed by atoms with Gasteiger partial charge in [0.15, 0.2) is 0 Å². The summed E-state index contributed by atoms with van der Waals surface area (Å²) in [6.45, 7) is 8.67. The number of rotatable bonds is 3. The van der Waals surface area contributed by atoms with E-state index in [4.69, 9.17) is 0 Å². The third-order valence-corrected chi connectivity index (χ3v) is 6.30. The van der Waals surface area contributed by atoms with Gasteiger partial charge in [-0.25, -0.2) is 8.42 Å². The van der Waals surface area contributed by atoms with Crippen LogP contribution in [0.15, 0.2) is 0 Å². The highest BCUT2D eigenvalue weighted by molar-refractivity contribution is 7.89. The molecule has 2 aliphatic heterocycles. The highest BCUT2D eigenvalue weighted by Crippen LogP contribution is 2.42. The second-order valence-corrected chi connectivity index (χ2v) is 7.54. The van der Waals surface area contributed by atoms with Crippen molar-refractivity contribution in [1.29, 1.82) is 0 Å². The zero-order valence-electron chi connectivity index (χ0n) is 10.4. The molecule has 2 saturated heterocycles. The van der Waals surface area contributed by atoms with Crippen LogP contribution in [-0.4, -0.2) is 43.6 Å². The van der Waals surface area contributed by atoms with Crippen molar-refractivity contribution in [2.75, 3.05) is 25.4 Å². The van der Waals surface area contributed by atoms with Crippen LogP contribution in [0.5, 0.6) is 0 Å². The first-order valence-corrected chi connectivity index (χ1v) is 7.71. The lowest BCUT2D eigenvalue weighted by molar-refractivity contribution is 0.233. The Balaban J connectivity index is 2.25. The molecule has 2 rings (SSSR count). The van der Waals surface area contributed by atoms with Crippen molar-refractivity contribution < 1.29 is 8.42 Å². The van der Waals surface area contributed by atoms with Crippen LogP contribution in [0.25, 0.3) is 0 Å². The predicted molar refractivity (Wildman–Crippen MR) is 64.7 cm³/mol. The van der Waals surface area contributed by atoms with E-state index in [0.29, 0.717) is 24.8 Å². The minimum Gasteiger partial charge on any atom is -0.316 e. The summed E-state index contributed by atoms with van der Waals surface area (Å²) in [7, 11) is -3.05. The van der Waals surface area contributed by atoms with Gasteiger partial charge in [-0.05, 0) is 38.6 Å². The van der Waals surface area contributed by atoms with Crippen LogP contribution < -0.4 is 5.32 Å². The van der Waals surface area contributed by atoms with Crippen molar-refractivity contribution in [3.63, 3.8) is 0 Å². The zero-order valence-corrected chi connectivity index (χ0v) is 11.2. The lowest BCUT2D eigenvalue weighted by atomic mass is 9.85. The van der Waals surface area contributed by atoms with E-state index in [2.05, 4.69) is 19.2 Å². The molecule has 0 aromatic heterocycles. The molecule has 1 N–H and O–H groups in total. The second-order valence-electron chi connectivity index (χ2n) is 5.53. The Morgan fingerprint density at radius 3 is 2.62 bits per heavy atom. The van der Waals surface area contributed by atoms with Gasteiger partial charge in [0.05, 0.1) is 5.75 Å². The van der Waals surface area contributed by atoms with Crippen molar-refractivity contribution in [3.8, 4) is 0 Å². The summed E-state index contributed by atoms with van der Waals surface area (Å²) >= 11 is 0. The molecule has 2 atom stereocenters. The first-order valence-electron chi connectivity index (χ1n) is 6.11. The van der Waals surface area contributed by atoms with Gasteiger partial charge in [-0.2, -0.15) is 4.31 Å². The van der Waals surface area contributed by atoms with Gasteiger partial charge in [0.25, 0.3) is 0 Å². The van der Waals surface area contributed by atoms with E-state index in [1.165, 1.54) is 0 Å². The second kappa shape index (κ2) is 3.96. The van der Waals surface area contributed by atoms with Crippen LogP contribution in [0, 0.1) is 11.8 Å². The normalized spacial score (nSPS) is 34.2. The summed E-state index contributed by atoms with van der Waals surface area (Å²) in [6, 6.07) is 0. The molecule has 0 radical (unpaired) electrons. The van der Waals surface area contributed by atoms with Crippen molar-refractivity contribution in [2.24, 2.45) is 11.8 Å². The maximum absolute atomic E-state index is 12.2. The summed E-state index contributed by atoms with van der Waals surface area (Å²) < 4.78 is 26.1. The topological polar surface area (TPSA) is 49.4 Å². The number of fused-ring (bicyclic) bond motifs is 1. The van der Waals surface area contributed by atoms with E-state index >= 15 is 0 Å². The van der Waals surface area contributed by atoms with Gasteiger partial charge in [-0.15, -0.1) is 0 Å². The fourth-order valence-electron chi connectivity index (χ4n) is 3.22. The number of nitrogens with zero attached hydrogens (tertiary/aromatic N) is 1.